The van der Waals surface area contributed by atoms with Crippen molar-refractivity contribution in [1.29, 1.82) is 0 Å². The first-order valence-corrected chi connectivity index (χ1v) is 11.0. The SMILES string of the molecule is O=C(C[C@H]1C(=O)NCCN1C(=O)CN1CCN(c2ccccn2)CC1)Nc1ccc(F)cc1. The van der Waals surface area contributed by atoms with Crippen LogP contribution in [0.5, 0.6) is 0 Å². The number of anilines is 2. The van der Waals surface area contributed by atoms with Gasteiger partial charge in [0, 0.05) is 51.2 Å². The van der Waals surface area contributed by atoms with Crippen LogP contribution in [0.2, 0.25) is 0 Å². The fourth-order valence-electron chi connectivity index (χ4n) is 4.09. The average Bonchev–Trinajstić information content (AvgIpc) is 2.83. The number of nitrogens with zero attached hydrogens (tertiary/aromatic N) is 4. The van der Waals surface area contributed by atoms with Gasteiger partial charge in [-0.05, 0) is 36.4 Å². The van der Waals surface area contributed by atoms with E-state index in [2.05, 4.69) is 25.4 Å². The lowest BCUT2D eigenvalue weighted by atomic mass is 10.1. The zero-order chi connectivity index (χ0) is 23.2. The third kappa shape index (κ3) is 5.83. The maximum absolute atomic E-state index is 13.1. The van der Waals surface area contributed by atoms with E-state index >= 15 is 0 Å². The molecule has 0 unspecified atom stereocenters. The Morgan fingerprint density at radius 1 is 1.06 bits per heavy atom. The molecule has 2 saturated heterocycles. The van der Waals surface area contributed by atoms with Crippen LogP contribution in [0.3, 0.4) is 0 Å². The minimum Gasteiger partial charge on any atom is -0.354 e. The van der Waals surface area contributed by atoms with E-state index in [0.29, 0.717) is 31.9 Å². The summed E-state index contributed by atoms with van der Waals surface area (Å²) in [5.41, 5.74) is 0.432. The highest BCUT2D eigenvalue weighted by Gasteiger charge is 2.35. The summed E-state index contributed by atoms with van der Waals surface area (Å²) < 4.78 is 13.1. The van der Waals surface area contributed by atoms with Crippen molar-refractivity contribution in [2.75, 3.05) is 56.0 Å². The first kappa shape index (κ1) is 22.7. The summed E-state index contributed by atoms with van der Waals surface area (Å²) in [5, 5.41) is 5.38. The molecule has 1 atom stereocenters. The second-order valence-electron chi connectivity index (χ2n) is 8.10. The molecule has 2 aliphatic heterocycles. The van der Waals surface area contributed by atoms with E-state index in [1.165, 1.54) is 29.2 Å². The van der Waals surface area contributed by atoms with E-state index < -0.39 is 17.8 Å². The molecule has 1 aromatic heterocycles. The summed E-state index contributed by atoms with van der Waals surface area (Å²) >= 11 is 0. The van der Waals surface area contributed by atoms with Crippen molar-refractivity contribution in [3.63, 3.8) is 0 Å². The van der Waals surface area contributed by atoms with E-state index in [1.807, 2.05) is 18.2 Å². The lowest BCUT2D eigenvalue weighted by Gasteiger charge is -2.38. The molecule has 3 amide bonds. The Hall–Kier alpha value is -3.53. The van der Waals surface area contributed by atoms with Crippen LogP contribution >= 0.6 is 0 Å². The Kier molecular flexibility index (Phi) is 7.13. The van der Waals surface area contributed by atoms with Gasteiger partial charge in [0.25, 0.3) is 0 Å². The molecule has 0 spiro atoms. The van der Waals surface area contributed by atoms with E-state index in [4.69, 9.17) is 0 Å². The van der Waals surface area contributed by atoms with E-state index in [1.54, 1.807) is 6.20 Å². The maximum atomic E-state index is 13.1. The van der Waals surface area contributed by atoms with Crippen LogP contribution < -0.4 is 15.5 Å². The molecule has 2 aliphatic rings. The number of piperazine rings is 2. The number of pyridine rings is 1. The summed E-state index contributed by atoms with van der Waals surface area (Å²) in [4.78, 5) is 48.1. The first-order chi connectivity index (χ1) is 16.0. The van der Waals surface area contributed by atoms with Gasteiger partial charge >= 0.3 is 0 Å². The van der Waals surface area contributed by atoms with Crippen molar-refractivity contribution < 1.29 is 18.8 Å². The molecule has 4 rings (SSSR count). The standard InChI is InChI=1S/C23H27FN6O3/c24-17-4-6-18(7-5-17)27-21(31)15-19-23(33)26-9-10-30(19)22(32)16-28-11-13-29(14-12-28)20-3-1-2-8-25-20/h1-8,19H,9-16H2,(H,26,33)(H,27,31)/t19-/m0/s1. The van der Waals surface area contributed by atoms with E-state index in [9.17, 15) is 18.8 Å². The molecule has 10 heteroatoms. The molecule has 3 heterocycles. The second kappa shape index (κ2) is 10.4. The van der Waals surface area contributed by atoms with Gasteiger partial charge in [0.2, 0.25) is 17.7 Å². The maximum Gasteiger partial charge on any atom is 0.243 e. The highest BCUT2D eigenvalue weighted by Crippen LogP contribution is 2.15. The molecule has 0 saturated carbocycles. The number of carbonyl (C=O) groups is 3. The van der Waals surface area contributed by atoms with Gasteiger partial charge in [-0.25, -0.2) is 9.37 Å². The van der Waals surface area contributed by atoms with Crippen molar-refractivity contribution >= 4 is 29.2 Å². The van der Waals surface area contributed by atoms with E-state index in [-0.39, 0.29) is 24.8 Å². The number of amides is 3. The summed E-state index contributed by atoms with van der Waals surface area (Å²) in [6.45, 7) is 3.83. The molecular weight excluding hydrogens is 427 g/mol. The number of rotatable bonds is 6. The Balaban J connectivity index is 1.32. The molecule has 33 heavy (non-hydrogen) atoms. The minimum absolute atomic E-state index is 0.164. The van der Waals surface area contributed by atoms with Crippen LogP contribution in [0.15, 0.2) is 48.7 Å². The zero-order valence-electron chi connectivity index (χ0n) is 18.2. The Morgan fingerprint density at radius 2 is 1.82 bits per heavy atom. The predicted molar refractivity (Wildman–Crippen MR) is 121 cm³/mol. The molecule has 0 bridgehead atoms. The molecule has 2 N–H and O–H groups in total. The van der Waals surface area contributed by atoms with Crippen LogP contribution in [0.25, 0.3) is 0 Å². The molecule has 174 valence electrons. The Labute approximate surface area is 191 Å². The Bertz CT molecular complexity index is 979. The summed E-state index contributed by atoms with van der Waals surface area (Å²) in [7, 11) is 0. The molecule has 0 aliphatic carbocycles. The van der Waals surface area contributed by atoms with Crippen LogP contribution in [0, 0.1) is 5.82 Å². The van der Waals surface area contributed by atoms with Gasteiger partial charge in [0.05, 0.1) is 13.0 Å². The van der Waals surface area contributed by atoms with Crippen molar-refractivity contribution in [2.45, 2.75) is 12.5 Å². The topological polar surface area (TPSA) is 97.9 Å². The van der Waals surface area contributed by atoms with Crippen molar-refractivity contribution in [2.24, 2.45) is 0 Å². The van der Waals surface area contributed by atoms with E-state index in [0.717, 1.165) is 18.9 Å². The largest absolute Gasteiger partial charge is 0.354 e. The summed E-state index contributed by atoms with van der Waals surface area (Å²) in [6.07, 6.45) is 1.60. The lowest BCUT2D eigenvalue weighted by molar-refractivity contribution is -0.145. The molecule has 2 aromatic rings. The number of hydrogen-bond acceptors (Lipinski definition) is 6. The van der Waals surface area contributed by atoms with Gasteiger partial charge in [-0.1, -0.05) is 6.07 Å². The first-order valence-electron chi connectivity index (χ1n) is 11.0. The molecule has 9 nitrogen and oxygen atoms in total. The zero-order valence-corrected chi connectivity index (χ0v) is 18.2. The second-order valence-corrected chi connectivity index (χ2v) is 8.10. The highest BCUT2D eigenvalue weighted by atomic mass is 19.1. The monoisotopic (exact) mass is 454 g/mol. The number of benzene rings is 1. The third-order valence-corrected chi connectivity index (χ3v) is 5.86. The predicted octanol–water partition coefficient (Wildman–Crippen LogP) is 0.699. The molecule has 0 radical (unpaired) electrons. The lowest BCUT2D eigenvalue weighted by Crippen LogP contribution is -2.60. The number of nitrogens with one attached hydrogen (secondary N) is 2. The number of aromatic nitrogens is 1. The molecule has 1 aromatic carbocycles. The smallest absolute Gasteiger partial charge is 0.243 e. The molecule has 2 fully saturated rings. The van der Waals surface area contributed by atoms with Crippen molar-refractivity contribution in [3.8, 4) is 0 Å². The summed E-state index contributed by atoms with van der Waals surface area (Å²) in [5.74, 6) is -0.411. The van der Waals surface area contributed by atoms with Gasteiger partial charge < -0.3 is 20.4 Å². The van der Waals surface area contributed by atoms with Crippen LogP contribution in [0.4, 0.5) is 15.9 Å². The van der Waals surface area contributed by atoms with Crippen molar-refractivity contribution in [3.05, 3.63) is 54.5 Å². The normalized spacial score (nSPS) is 19.2. The fourth-order valence-corrected chi connectivity index (χ4v) is 4.09. The highest BCUT2D eigenvalue weighted by molar-refractivity contribution is 5.97. The third-order valence-electron chi connectivity index (χ3n) is 5.86. The van der Waals surface area contributed by atoms with Gasteiger partial charge in [-0.15, -0.1) is 0 Å². The quantitative estimate of drug-likeness (QED) is 0.667. The van der Waals surface area contributed by atoms with Crippen molar-refractivity contribution in [1.82, 2.24) is 20.1 Å². The number of hydrogen-bond donors (Lipinski definition) is 2. The molecular formula is C23H27FN6O3. The van der Waals surface area contributed by atoms with Gasteiger partial charge in [-0.2, -0.15) is 0 Å². The van der Waals surface area contributed by atoms with Crippen LogP contribution in [-0.4, -0.2) is 84.4 Å². The van der Waals surface area contributed by atoms with Gasteiger partial charge in [0.15, 0.2) is 0 Å². The summed E-state index contributed by atoms with van der Waals surface area (Å²) in [6, 6.07) is 10.3. The fraction of sp³-hybridized carbons (Fsp3) is 0.391. The van der Waals surface area contributed by atoms with Crippen LogP contribution in [0.1, 0.15) is 6.42 Å². The number of halogens is 1. The van der Waals surface area contributed by atoms with Gasteiger partial charge in [-0.3, -0.25) is 19.3 Å². The van der Waals surface area contributed by atoms with Crippen LogP contribution in [-0.2, 0) is 14.4 Å². The van der Waals surface area contributed by atoms with Gasteiger partial charge in [0.1, 0.15) is 17.7 Å². The Morgan fingerprint density at radius 3 is 2.52 bits per heavy atom. The number of carbonyl (C=O) groups excluding carboxylic acids is 3. The minimum atomic E-state index is -0.874. The average molecular weight is 455 g/mol.